The maximum Gasteiger partial charge on any atom is 0.306 e. The standard InChI is InChI=1S/C8H14N2O4/c1-3-6(11)9-10-7(12)4-5-8(13)14-2/h3-5H2,1-2H3,(H,9,11)(H,10,12). The second-order valence-electron chi connectivity index (χ2n) is 2.53. The quantitative estimate of drug-likeness (QED) is 0.475. The molecular formula is C8H14N2O4. The van der Waals surface area contributed by atoms with Gasteiger partial charge in [-0.3, -0.25) is 25.2 Å². The molecule has 14 heavy (non-hydrogen) atoms. The summed E-state index contributed by atoms with van der Waals surface area (Å²) in [6, 6.07) is 0. The first-order valence-electron chi connectivity index (χ1n) is 4.24. The van der Waals surface area contributed by atoms with E-state index in [1.54, 1.807) is 6.92 Å². The summed E-state index contributed by atoms with van der Waals surface area (Å²) < 4.78 is 4.34. The number of amides is 2. The van der Waals surface area contributed by atoms with Crippen molar-refractivity contribution in [2.45, 2.75) is 26.2 Å². The van der Waals surface area contributed by atoms with Crippen LogP contribution < -0.4 is 10.9 Å². The Kier molecular flexibility index (Phi) is 6.09. The van der Waals surface area contributed by atoms with Crippen LogP contribution in [0, 0.1) is 0 Å². The third-order valence-electron chi connectivity index (χ3n) is 1.45. The number of carbonyl (C=O) groups excluding carboxylic acids is 3. The van der Waals surface area contributed by atoms with Crippen LogP contribution in [0.5, 0.6) is 0 Å². The van der Waals surface area contributed by atoms with Gasteiger partial charge in [-0.2, -0.15) is 0 Å². The summed E-state index contributed by atoms with van der Waals surface area (Å²) in [5.74, 6) is -1.16. The molecule has 0 aliphatic rings. The van der Waals surface area contributed by atoms with E-state index in [0.29, 0.717) is 0 Å². The number of methoxy groups -OCH3 is 1. The SMILES string of the molecule is CCC(=O)NNC(=O)CCC(=O)OC. The van der Waals surface area contributed by atoms with Gasteiger partial charge in [-0.15, -0.1) is 0 Å². The fourth-order valence-electron chi connectivity index (χ4n) is 0.608. The average molecular weight is 202 g/mol. The third kappa shape index (κ3) is 5.99. The molecule has 0 heterocycles. The predicted molar refractivity (Wildman–Crippen MR) is 47.8 cm³/mol. The second kappa shape index (κ2) is 6.88. The molecule has 80 valence electrons. The van der Waals surface area contributed by atoms with Crippen molar-refractivity contribution in [1.82, 2.24) is 10.9 Å². The summed E-state index contributed by atoms with van der Waals surface area (Å²) in [7, 11) is 1.25. The van der Waals surface area contributed by atoms with Crippen LogP contribution in [0.4, 0.5) is 0 Å². The number of rotatable bonds is 4. The van der Waals surface area contributed by atoms with Crippen molar-refractivity contribution in [3.63, 3.8) is 0 Å². The lowest BCUT2D eigenvalue weighted by Crippen LogP contribution is -2.41. The molecule has 0 saturated heterocycles. The number of hydrazine groups is 1. The van der Waals surface area contributed by atoms with Crippen LogP contribution in [-0.2, 0) is 19.1 Å². The Labute approximate surface area is 82.0 Å². The summed E-state index contributed by atoms with van der Waals surface area (Å²) in [6.07, 6.45) is 0.290. The normalized spacial score (nSPS) is 9.00. The molecule has 0 atom stereocenters. The fourth-order valence-corrected chi connectivity index (χ4v) is 0.608. The van der Waals surface area contributed by atoms with Gasteiger partial charge in [0.25, 0.3) is 0 Å². The van der Waals surface area contributed by atoms with E-state index in [1.807, 2.05) is 0 Å². The van der Waals surface area contributed by atoms with E-state index >= 15 is 0 Å². The van der Waals surface area contributed by atoms with Gasteiger partial charge in [-0.05, 0) is 0 Å². The maximum absolute atomic E-state index is 11.0. The van der Waals surface area contributed by atoms with Gasteiger partial charge in [0, 0.05) is 12.8 Å². The summed E-state index contributed by atoms with van der Waals surface area (Å²) in [5, 5.41) is 0. The van der Waals surface area contributed by atoms with Crippen molar-refractivity contribution in [3.05, 3.63) is 0 Å². The molecule has 0 aromatic rings. The highest BCUT2D eigenvalue weighted by Crippen LogP contribution is 1.90. The highest BCUT2D eigenvalue weighted by atomic mass is 16.5. The van der Waals surface area contributed by atoms with Gasteiger partial charge in [0.15, 0.2) is 0 Å². The second-order valence-corrected chi connectivity index (χ2v) is 2.53. The molecule has 0 aliphatic heterocycles. The molecule has 0 saturated carbocycles. The molecule has 0 aromatic heterocycles. The van der Waals surface area contributed by atoms with Crippen molar-refractivity contribution in [2.24, 2.45) is 0 Å². The largest absolute Gasteiger partial charge is 0.469 e. The van der Waals surface area contributed by atoms with E-state index in [0.717, 1.165) is 0 Å². The zero-order chi connectivity index (χ0) is 11.0. The van der Waals surface area contributed by atoms with Crippen LogP contribution in [0.15, 0.2) is 0 Å². The maximum atomic E-state index is 11.0. The van der Waals surface area contributed by atoms with Gasteiger partial charge >= 0.3 is 5.97 Å². The lowest BCUT2D eigenvalue weighted by atomic mass is 10.3. The molecule has 0 radical (unpaired) electrons. The Morgan fingerprint density at radius 1 is 1.07 bits per heavy atom. The fraction of sp³-hybridized carbons (Fsp3) is 0.625. The minimum atomic E-state index is -0.457. The van der Waals surface area contributed by atoms with Crippen LogP contribution in [0.25, 0.3) is 0 Å². The molecule has 0 unspecified atom stereocenters. The molecule has 0 aliphatic carbocycles. The molecule has 6 heteroatoms. The van der Waals surface area contributed by atoms with E-state index in [4.69, 9.17) is 0 Å². The number of ether oxygens (including phenoxy) is 1. The molecule has 0 spiro atoms. The van der Waals surface area contributed by atoms with E-state index in [9.17, 15) is 14.4 Å². The Bertz CT molecular complexity index is 205. The van der Waals surface area contributed by atoms with E-state index < -0.39 is 11.9 Å². The summed E-state index contributed by atoms with van der Waals surface area (Å²) in [5.41, 5.74) is 4.35. The molecule has 2 N–H and O–H groups in total. The average Bonchev–Trinajstić information content (AvgIpc) is 2.22. The van der Waals surface area contributed by atoms with E-state index in [-0.39, 0.29) is 25.2 Å². The number of carbonyl (C=O) groups is 3. The van der Waals surface area contributed by atoms with Crippen molar-refractivity contribution in [3.8, 4) is 0 Å². The highest BCUT2D eigenvalue weighted by Gasteiger charge is 2.06. The van der Waals surface area contributed by atoms with Crippen LogP contribution in [0.2, 0.25) is 0 Å². The van der Waals surface area contributed by atoms with Gasteiger partial charge < -0.3 is 4.74 Å². The van der Waals surface area contributed by atoms with Crippen LogP contribution in [-0.4, -0.2) is 24.9 Å². The zero-order valence-electron chi connectivity index (χ0n) is 8.25. The minimum absolute atomic E-state index is 0.00331. The number of esters is 1. The summed E-state index contributed by atoms with van der Waals surface area (Å²) >= 11 is 0. The Hall–Kier alpha value is -1.59. The monoisotopic (exact) mass is 202 g/mol. The van der Waals surface area contributed by atoms with Crippen molar-refractivity contribution in [2.75, 3.05) is 7.11 Å². The zero-order valence-corrected chi connectivity index (χ0v) is 8.25. The first-order chi connectivity index (χ1) is 6.60. The van der Waals surface area contributed by atoms with Crippen LogP contribution in [0.1, 0.15) is 26.2 Å². The molecular weight excluding hydrogens is 188 g/mol. The Morgan fingerprint density at radius 2 is 1.64 bits per heavy atom. The van der Waals surface area contributed by atoms with Gasteiger partial charge in [0.1, 0.15) is 0 Å². The van der Waals surface area contributed by atoms with Crippen molar-refractivity contribution in [1.29, 1.82) is 0 Å². The Balaban J connectivity index is 3.56. The first kappa shape index (κ1) is 12.4. The lowest BCUT2D eigenvalue weighted by molar-refractivity contribution is -0.142. The predicted octanol–water partition coefficient (Wildman–Crippen LogP) is -0.503. The van der Waals surface area contributed by atoms with Crippen molar-refractivity contribution >= 4 is 17.8 Å². The Morgan fingerprint density at radius 3 is 2.14 bits per heavy atom. The van der Waals surface area contributed by atoms with Crippen LogP contribution in [0.3, 0.4) is 0 Å². The first-order valence-corrected chi connectivity index (χ1v) is 4.24. The van der Waals surface area contributed by atoms with E-state index in [1.165, 1.54) is 7.11 Å². The third-order valence-corrected chi connectivity index (χ3v) is 1.45. The van der Waals surface area contributed by atoms with E-state index in [2.05, 4.69) is 15.6 Å². The van der Waals surface area contributed by atoms with Gasteiger partial charge in [-0.1, -0.05) is 6.92 Å². The van der Waals surface area contributed by atoms with Crippen molar-refractivity contribution < 1.29 is 19.1 Å². The molecule has 0 bridgehead atoms. The number of nitrogens with one attached hydrogen (secondary N) is 2. The van der Waals surface area contributed by atoms with Gasteiger partial charge in [0.2, 0.25) is 11.8 Å². The molecule has 0 fully saturated rings. The van der Waals surface area contributed by atoms with Crippen LogP contribution >= 0.6 is 0 Å². The van der Waals surface area contributed by atoms with Gasteiger partial charge in [-0.25, -0.2) is 0 Å². The summed E-state index contributed by atoms with van der Waals surface area (Å²) in [4.78, 5) is 32.3. The molecule has 0 rings (SSSR count). The molecule has 0 aromatic carbocycles. The summed E-state index contributed by atoms with van der Waals surface area (Å²) in [6.45, 7) is 1.66. The molecule has 6 nitrogen and oxygen atoms in total. The smallest absolute Gasteiger partial charge is 0.306 e. The molecule has 2 amide bonds. The topological polar surface area (TPSA) is 84.5 Å². The van der Waals surface area contributed by atoms with Gasteiger partial charge in [0.05, 0.1) is 13.5 Å². The number of hydrogen-bond acceptors (Lipinski definition) is 4. The minimum Gasteiger partial charge on any atom is -0.469 e. The lowest BCUT2D eigenvalue weighted by Gasteiger charge is -2.04. The highest BCUT2D eigenvalue weighted by molar-refractivity contribution is 5.84. The number of hydrogen-bond donors (Lipinski definition) is 2.